The zero-order valence-electron chi connectivity index (χ0n) is 19.9. The van der Waals surface area contributed by atoms with Crippen LogP contribution in [0.4, 0.5) is 0 Å². The second-order valence-corrected chi connectivity index (χ2v) is 9.12. The lowest BCUT2D eigenvalue weighted by molar-refractivity contribution is -0.142. The molecule has 1 saturated carbocycles. The lowest BCUT2D eigenvalue weighted by Gasteiger charge is -2.28. The molecule has 4 rings (SSSR count). The maximum atomic E-state index is 10.7. The minimum absolute atomic E-state index is 0.208. The van der Waals surface area contributed by atoms with Crippen molar-refractivity contribution in [3.05, 3.63) is 66.4 Å². The molecule has 1 aliphatic carbocycles. The third kappa shape index (κ3) is 6.13. The number of methoxy groups -OCH3 is 1. The van der Waals surface area contributed by atoms with Crippen molar-refractivity contribution >= 4 is 5.97 Å². The highest BCUT2D eigenvalue weighted by molar-refractivity contribution is 5.82. The fourth-order valence-electron chi connectivity index (χ4n) is 4.95. The molecule has 0 unspecified atom stereocenters. The summed E-state index contributed by atoms with van der Waals surface area (Å²) in [6.45, 7) is 1.86. The van der Waals surface area contributed by atoms with E-state index < -0.39 is 5.97 Å². The highest BCUT2D eigenvalue weighted by Crippen LogP contribution is 2.37. The molecule has 6 nitrogen and oxygen atoms in total. The first-order valence-corrected chi connectivity index (χ1v) is 12.1. The Kier molecular flexibility index (Phi) is 8.50. The van der Waals surface area contributed by atoms with Gasteiger partial charge in [0.05, 0.1) is 13.2 Å². The van der Waals surface area contributed by atoms with Gasteiger partial charge in [-0.05, 0) is 43.1 Å². The zero-order valence-corrected chi connectivity index (χ0v) is 19.9. The number of carboxylic acids is 1. The zero-order chi connectivity index (χ0) is 23.8. The van der Waals surface area contributed by atoms with E-state index in [1.807, 2.05) is 12.1 Å². The van der Waals surface area contributed by atoms with Gasteiger partial charge in [0, 0.05) is 36.9 Å². The van der Waals surface area contributed by atoms with Crippen molar-refractivity contribution in [2.45, 2.75) is 38.6 Å². The fraction of sp³-hybridized carbons (Fsp3) is 0.429. The van der Waals surface area contributed by atoms with E-state index in [0.29, 0.717) is 25.0 Å². The van der Waals surface area contributed by atoms with Gasteiger partial charge in [0.2, 0.25) is 0 Å². The molecule has 180 valence electrons. The molecule has 1 fully saturated rings. The second kappa shape index (κ2) is 12.0. The van der Waals surface area contributed by atoms with Gasteiger partial charge in [-0.25, -0.2) is 4.79 Å². The normalized spacial score (nSPS) is 18.1. The molecular formula is C28H34N2O4. The molecule has 0 aliphatic heterocycles. The number of nitrogens with zero attached hydrogens (tertiary/aromatic N) is 2. The van der Waals surface area contributed by atoms with E-state index in [-0.39, 0.29) is 6.61 Å². The van der Waals surface area contributed by atoms with E-state index >= 15 is 0 Å². The van der Waals surface area contributed by atoms with Crippen LogP contribution >= 0.6 is 0 Å². The average Bonchev–Trinajstić information content (AvgIpc) is 3.22. The highest BCUT2D eigenvalue weighted by atomic mass is 16.5. The van der Waals surface area contributed by atoms with Crippen LogP contribution in [-0.2, 0) is 27.2 Å². The van der Waals surface area contributed by atoms with E-state index in [0.717, 1.165) is 49.9 Å². The van der Waals surface area contributed by atoms with E-state index in [2.05, 4.69) is 53.2 Å². The van der Waals surface area contributed by atoms with Crippen LogP contribution < -0.4 is 0 Å². The maximum absolute atomic E-state index is 10.7. The van der Waals surface area contributed by atoms with Crippen LogP contribution in [0, 0.1) is 11.8 Å². The Morgan fingerprint density at radius 1 is 0.971 bits per heavy atom. The van der Waals surface area contributed by atoms with Gasteiger partial charge in [0.1, 0.15) is 12.3 Å². The Hall–Kier alpha value is -2.96. The van der Waals surface area contributed by atoms with Crippen molar-refractivity contribution in [1.82, 2.24) is 9.78 Å². The first-order valence-electron chi connectivity index (χ1n) is 12.1. The Bertz CT molecular complexity index is 1040. The number of ether oxygens (including phenoxy) is 2. The third-order valence-corrected chi connectivity index (χ3v) is 6.69. The van der Waals surface area contributed by atoms with E-state index in [4.69, 9.17) is 19.7 Å². The van der Waals surface area contributed by atoms with Gasteiger partial charge in [0.25, 0.3) is 0 Å². The summed E-state index contributed by atoms with van der Waals surface area (Å²) < 4.78 is 13.0. The van der Waals surface area contributed by atoms with Gasteiger partial charge < -0.3 is 14.6 Å². The summed E-state index contributed by atoms with van der Waals surface area (Å²) in [6, 6.07) is 20.9. The molecule has 1 N–H and O–H groups in total. The van der Waals surface area contributed by atoms with Gasteiger partial charge in [-0.3, -0.25) is 4.68 Å². The summed E-state index contributed by atoms with van der Waals surface area (Å²) in [7, 11) is 1.74. The Balaban J connectivity index is 1.57. The summed E-state index contributed by atoms with van der Waals surface area (Å²) in [5, 5.41) is 13.9. The van der Waals surface area contributed by atoms with Gasteiger partial charge in [-0.1, -0.05) is 60.7 Å². The number of carbonyl (C=O) groups is 1. The van der Waals surface area contributed by atoms with Gasteiger partial charge in [-0.2, -0.15) is 5.10 Å². The standard InChI is InChI=1S/C28H34N2O4/c1-33-17-16-25-27(23-8-4-2-5-9-23)28(24-10-6-3-7-11-24)29-30(25)18-21-12-14-22(15-13-21)19-34-20-26(31)32/h2-11,21-22H,12-20H2,1H3,(H,31,32)/t21-,22-. The molecule has 34 heavy (non-hydrogen) atoms. The molecular weight excluding hydrogens is 428 g/mol. The summed E-state index contributed by atoms with van der Waals surface area (Å²) >= 11 is 0. The van der Waals surface area contributed by atoms with E-state index in [9.17, 15) is 4.79 Å². The van der Waals surface area contributed by atoms with Crippen LogP contribution in [0.15, 0.2) is 60.7 Å². The van der Waals surface area contributed by atoms with Crippen molar-refractivity contribution in [2.75, 3.05) is 26.9 Å². The highest BCUT2D eigenvalue weighted by Gasteiger charge is 2.26. The Morgan fingerprint density at radius 2 is 1.59 bits per heavy atom. The third-order valence-electron chi connectivity index (χ3n) is 6.69. The van der Waals surface area contributed by atoms with Gasteiger partial charge in [-0.15, -0.1) is 0 Å². The minimum Gasteiger partial charge on any atom is -0.480 e. The van der Waals surface area contributed by atoms with Crippen molar-refractivity contribution in [1.29, 1.82) is 0 Å². The molecule has 0 atom stereocenters. The van der Waals surface area contributed by atoms with Crippen LogP contribution in [0.25, 0.3) is 22.4 Å². The molecule has 6 heteroatoms. The van der Waals surface area contributed by atoms with Crippen molar-refractivity contribution in [2.24, 2.45) is 11.8 Å². The predicted octanol–water partition coefficient (Wildman–Crippen LogP) is 5.31. The summed E-state index contributed by atoms with van der Waals surface area (Å²) in [4.78, 5) is 10.7. The number of hydrogen-bond donors (Lipinski definition) is 1. The topological polar surface area (TPSA) is 73.6 Å². The number of benzene rings is 2. The van der Waals surface area contributed by atoms with Gasteiger partial charge in [0.15, 0.2) is 0 Å². The van der Waals surface area contributed by atoms with E-state index in [1.54, 1.807) is 7.11 Å². The molecule has 0 amide bonds. The minimum atomic E-state index is -0.903. The number of rotatable bonds is 11. The second-order valence-electron chi connectivity index (χ2n) is 9.12. The molecule has 1 aromatic heterocycles. The van der Waals surface area contributed by atoms with Crippen molar-refractivity contribution < 1.29 is 19.4 Å². The number of carboxylic acid groups (broad SMARTS) is 1. The van der Waals surface area contributed by atoms with Crippen LogP contribution in [0.1, 0.15) is 31.4 Å². The lowest BCUT2D eigenvalue weighted by atomic mass is 9.82. The van der Waals surface area contributed by atoms with E-state index in [1.165, 1.54) is 16.8 Å². The number of aromatic nitrogens is 2. The summed E-state index contributed by atoms with van der Waals surface area (Å²) in [5.74, 6) is 0.0875. The molecule has 1 heterocycles. The molecule has 2 aromatic carbocycles. The molecule has 3 aromatic rings. The van der Waals surface area contributed by atoms with Crippen LogP contribution in [0.2, 0.25) is 0 Å². The average molecular weight is 463 g/mol. The molecule has 0 bridgehead atoms. The fourth-order valence-corrected chi connectivity index (χ4v) is 4.95. The van der Waals surface area contributed by atoms with Crippen molar-refractivity contribution in [3.8, 4) is 22.4 Å². The molecule has 0 radical (unpaired) electrons. The number of hydrogen-bond acceptors (Lipinski definition) is 4. The SMILES string of the molecule is COCCc1c(-c2ccccc2)c(-c2ccccc2)nn1C[C@H]1CC[C@H](COCC(=O)O)CC1. The van der Waals surface area contributed by atoms with Crippen molar-refractivity contribution in [3.63, 3.8) is 0 Å². The Morgan fingerprint density at radius 3 is 2.21 bits per heavy atom. The first kappa shape index (κ1) is 24.2. The predicted molar refractivity (Wildman–Crippen MR) is 133 cm³/mol. The maximum Gasteiger partial charge on any atom is 0.329 e. The molecule has 0 saturated heterocycles. The molecule has 1 aliphatic rings. The smallest absolute Gasteiger partial charge is 0.329 e. The van der Waals surface area contributed by atoms with Crippen LogP contribution in [-0.4, -0.2) is 47.8 Å². The van der Waals surface area contributed by atoms with Crippen LogP contribution in [0.3, 0.4) is 0 Å². The largest absolute Gasteiger partial charge is 0.480 e. The van der Waals surface area contributed by atoms with Crippen LogP contribution in [0.5, 0.6) is 0 Å². The summed E-state index contributed by atoms with van der Waals surface area (Å²) in [5.41, 5.74) is 5.74. The monoisotopic (exact) mass is 462 g/mol. The summed E-state index contributed by atoms with van der Waals surface area (Å²) in [6.07, 6.45) is 5.14. The lowest BCUT2D eigenvalue weighted by Crippen LogP contribution is -2.24. The Labute approximate surface area is 201 Å². The quantitative estimate of drug-likeness (QED) is 0.418. The van der Waals surface area contributed by atoms with Gasteiger partial charge >= 0.3 is 5.97 Å². The number of aliphatic carboxylic acids is 1. The molecule has 0 spiro atoms. The first-order chi connectivity index (χ1) is 16.7.